The van der Waals surface area contributed by atoms with Crippen LogP contribution in [-0.2, 0) is 6.18 Å². The molecule has 1 fully saturated rings. The monoisotopic (exact) mass is 304 g/mol. The van der Waals surface area contributed by atoms with Gasteiger partial charge in [0.2, 0.25) is 0 Å². The van der Waals surface area contributed by atoms with E-state index < -0.39 is 22.5 Å². The van der Waals surface area contributed by atoms with Gasteiger partial charge in [-0.3, -0.25) is 10.1 Å². The van der Waals surface area contributed by atoms with E-state index in [1.54, 1.807) is 0 Å². The zero-order valence-electron chi connectivity index (χ0n) is 11.4. The highest BCUT2D eigenvalue weighted by atomic mass is 19.4. The van der Waals surface area contributed by atoms with Crippen LogP contribution in [0.5, 0.6) is 0 Å². The van der Waals surface area contributed by atoms with Gasteiger partial charge in [-0.15, -0.1) is 0 Å². The van der Waals surface area contributed by atoms with Crippen LogP contribution in [0.4, 0.5) is 24.5 Å². The fourth-order valence-electron chi connectivity index (χ4n) is 2.34. The van der Waals surface area contributed by atoms with Gasteiger partial charge in [-0.1, -0.05) is 0 Å². The SMILES string of the molecule is CN1CCC(CNc2cc(C(F)(F)F)ncc2[N+](=O)[O-])C1. The highest BCUT2D eigenvalue weighted by molar-refractivity contribution is 5.61. The number of hydrogen-bond acceptors (Lipinski definition) is 5. The van der Waals surface area contributed by atoms with Crippen LogP contribution < -0.4 is 5.32 Å². The zero-order valence-corrected chi connectivity index (χ0v) is 11.4. The highest BCUT2D eigenvalue weighted by Crippen LogP contribution is 2.33. The van der Waals surface area contributed by atoms with Crippen molar-refractivity contribution in [3.05, 3.63) is 28.1 Å². The second kappa shape index (κ2) is 5.84. The predicted molar refractivity (Wildman–Crippen MR) is 70.0 cm³/mol. The number of nitrogens with zero attached hydrogens (tertiary/aromatic N) is 3. The average Bonchev–Trinajstić information content (AvgIpc) is 2.80. The molecule has 1 atom stereocenters. The van der Waals surface area contributed by atoms with Gasteiger partial charge in [0, 0.05) is 13.1 Å². The first kappa shape index (κ1) is 15.5. The van der Waals surface area contributed by atoms with Gasteiger partial charge in [-0.05, 0) is 32.0 Å². The molecule has 0 radical (unpaired) electrons. The molecule has 1 aliphatic rings. The Bertz CT molecular complexity index is 536. The van der Waals surface area contributed by atoms with Crippen LogP contribution in [-0.4, -0.2) is 41.5 Å². The van der Waals surface area contributed by atoms with Gasteiger partial charge >= 0.3 is 11.9 Å². The molecule has 2 heterocycles. The van der Waals surface area contributed by atoms with E-state index in [2.05, 4.69) is 15.2 Å². The van der Waals surface area contributed by atoms with Gasteiger partial charge in [0.15, 0.2) is 0 Å². The molecule has 1 unspecified atom stereocenters. The lowest BCUT2D eigenvalue weighted by Gasteiger charge is -2.14. The van der Waals surface area contributed by atoms with Crippen LogP contribution in [0.2, 0.25) is 0 Å². The third-order valence-corrected chi connectivity index (χ3v) is 3.44. The Morgan fingerprint density at radius 1 is 1.57 bits per heavy atom. The number of likely N-dealkylation sites (tertiary alicyclic amines) is 1. The topological polar surface area (TPSA) is 71.3 Å². The molecule has 1 aromatic rings. The minimum atomic E-state index is -4.63. The molecule has 2 rings (SSSR count). The summed E-state index contributed by atoms with van der Waals surface area (Å²) in [6, 6.07) is 0.691. The Kier molecular flexibility index (Phi) is 4.31. The van der Waals surface area contributed by atoms with Crippen molar-refractivity contribution in [1.29, 1.82) is 0 Å². The fraction of sp³-hybridized carbons (Fsp3) is 0.583. The number of halogens is 3. The third kappa shape index (κ3) is 3.81. The lowest BCUT2D eigenvalue weighted by atomic mass is 10.1. The summed E-state index contributed by atoms with van der Waals surface area (Å²) in [7, 11) is 1.96. The molecular formula is C12H15F3N4O2. The molecule has 0 amide bonds. The molecule has 1 aromatic heterocycles. The second-order valence-electron chi connectivity index (χ2n) is 5.14. The molecule has 116 valence electrons. The van der Waals surface area contributed by atoms with Crippen LogP contribution in [0, 0.1) is 16.0 Å². The number of rotatable bonds is 4. The largest absolute Gasteiger partial charge is 0.433 e. The Balaban J connectivity index is 2.16. The number of hydrogen-bond donors (Lipinski definition) is 1. The van der Waals surface area contributed by atoms with Gasteiger partial charge in [0.25, 0.3) is 0 Å². The first-order chi connectivity index (χ1) is 9.77. The summed E-state index contributed by atoms with van der Waals surface area (Å²) < 4.78 is 37.9. The van der Waals surface area contributed by atoms with Crippen LogP contribution in [0.25, 0.3) is 0 Å². The number of nitrogens with one attached hydrogen (secondary N) is 1. The standard InChI is InChI=1S/C12H15F3N4O2/c1-18-3-2-8(7-18)5-16-9-4-11(12(13,14)15)17-6-10(9)19(20)21/h4,6,8H,2-3,5,7H2,1H3,(H,16,17). The molecule has 0 spiro atoms. The third-order valence-electron chi connectivity index (χ3n) is 3.44. The van der Waals surface area contributed by atoms with E-state index in [1.165, 1.54) is 0 Å². The van der Waals surface area contributed by atoms with Crippen molar-refractivity contribution in [2.75, 3.05) is 32.0 Å². The van der Waals surface area contributed by atoms with Crippen molar-refractivity contribution in [1.82, 2.24) is 9.88 Å². The summed E-state index contributed by atoms with van der Waals surface area (Å²) in [5.41, 5.74) is -1.73. The van der Waals surface area contributed by atoms with E-state index in [0.29, 0.717) is 18.8 Å². The number of nitro groups is 1. The average molecular weight is 304 g/mol. The van der Waals surface area contributed by atoms with Crippen LogP contribution in [0.3, 0.4) is 0 Å². The minimum absolute atomic E-state index is 0.142. The van der Waals surface area contributed by atoms with Gasteiger partial charge < -0.3 is 10.2 Å². The summed E-state index contributed by atoms with van der Waals surface area (Å²) in [5, 5.41) is 13.6. The maximum atomic E-state index is 12.6. The number of aromatic nitrogens is 1. The quantitative estimate of drug-likeness (QED) is 0.683. The molecule has 21 heavy (non-hydrogen) atoms. The normalized spacial score (nSPS) is 19.7. The van der Waals surface area contributed by atoms with Gasteiger partial charge in [0.1, 0.15) is 17.6 Å². The van der Waals surface area contributed by atoms with E-state index in [0.717, 1.165) is 19.5 Å². The summed E-state index contributed by atoms with van der Waals surface area (Å²) in [5.74, 6) is 0.261. The van der Waals surface area contributed by atoms with Crippen molar-refractivity contribution >= 4 is 11.4 Å². The first-order valence-electron chi connectivity index (χ1n) is 6.41. The summed E-state index contributed by atoms with van der Waals surface area (Å²) in [6.07, 6.45) is -3.07. The molecule has 0 saturated carbocycles. The fourth-order valence-corrected chi connectivity index (χ4v) is 2.34. The van der Waals surface area contributed by atoms with Crippen molar-refractivity contribution < 1.29 is 18.1 Å². The zero-order chi connectivity index (χ0) is 15.6. The van der Waals surface area contributed by atoms with Crippen LogP contribution >= 0.6 is 0 Å². The van der Waals surface area contributed by atoms with Crippen LogP contribution in [0.1, 0.15) is 12.1 Å². The van der Waals surface area contributed by atoms with E-state index in [1.807, 2.05) is 7.05 Å². The Morgan fingerprint density at radius 3 is 2.81 bits per heavy atom. The molecule has 0 aromatic carbocycles. The maximum absolute atomic E-state index is 12.6. The summed E-state index contributed by atoms with van der Waals surface area (Å²) in [4.78, 5) is 15.3. The Hall–Kier alpha value is -1.90. The van der Waals surface area contributed by atoms with Gasteiger partial charge in [0.05, 0.1) is 4.92 Å². The molecule has 6 nitrogen and oxygen atoms in total. The molecule has 0 aliphatic carbocycles. The molecule has 9 heteroatoms. The number of anilines is 1. The maximum Gasteiger partial charge on any atom is 0.433 e. The molecule has 0 bridgehead atoms. The van der Waals surface area contributed by atoms with Gasteiger partial charge in [-0.25, -0.2) is 4.98 Å². The van der Waals surface area contributed by atoms with Gasteiger partial charge in [-0.2, -0.15) is 13.2 Å². The lowest BCUT2D eigenvalue weighted by Crippen LogP contribution is -2.20. The highest BCUT2D eigenvalue weighted by Gasteiger charge is 2.34. The first-order valence-corrected chi connectivity index (χ1v) is 6.41. The van der Waals surface area contributed by atoms with Crippen molar-refractivity contribution in [2.45, 2.75) is 12.6 Å². The van der Waals surface area contributed by atoms with Crippen LogP contribution in [0.15, 0.2) is 12.3 Å². The molecule has 1 aliphatic heterocycles. The number of alkyl halides is 3. The second-order valence-corrected chi connectivity index (χ2v) is 5.14. The summed E-state index contributed by atoms with van der Waals surface area (Å²) in [6.45, 7) is 2.13. The molecule has 1 N–H and O–H groups in total. The van der Waals surface area contributed by atoms with E-state index in [-0.39, 0.29) is 11.6 Å². The minimum Gasteiger partial charge on any atom is -0.379 e. The van der Waals surface area contributed by atoms with E-state index in [4.69, 9.17) is 0 Å². The van der Waals surface area contributed by atoms with Crippen molar-refractivity contribution in [3.63, 3.8) is 0 Å². The van der Waals surface area contributed by atoms with E-state index in [9.17, 15) is 23.3 Å². The predicted octanol–water partition coefficient (Wildman–Crippen LogP) is 2.37. The molecule has 1 saturated heterocycles. The lowest BCUT2D eigenvalue weighted by molar-refractivity contribution is -0.384. The van der Waals surface area contributed by atoms with Crippen molar-refractivity contribution in [2.24, 2.45) is 5.92 Å². The molecular weight excluding hydrogens is 289 g/mol. The Labute approximate surface area is 119 Å². The van der Waals surface area contributed by atoms with E-state index >= 15 is 0 Å². The van der Waals surface area contributed by atoms with Crippen molar-refractivity contribution in [3.8, 4) is 0 Å². The Morgan fingerprint density at radius 2 is 2.29 bits per heavy atom. The smallest absolute Gasteiger partial charge is 0.379 e. The summed E-state index contributed by atoms with van der Waals surface area (Å²) >= 11 is 0. The number of pyridine rings is 1.